The highest BCUT2D eigenvalue weighted by Gasteiger charge is 2.28. The lowest BCUT2D eigenvalue weighted by atomic mass is 10.1. The molecule has 4 N–H and O–H groups in total. The fraction of sp³-hybridized carbons (Fsp3) is 0.111. The smallest absolute Gasteiger partial charge is 0.339 e. The minimum Gasteiger partial charge on any atom is -0.479 e. The summed E-state index contributed by atoms with van der Waals surface area (Å²) in [7, 11) is 0. The summed E-state index contributed by atoms with van der Waals surface area (Å²) in [5.74, 6) is -1.36. The highest BCUT2D eigenvalue weighted by Crippen LogP contribution is 2.18. The number of primary amides is 1. The Morgan fingerprint density at radius 1 is 1.27 bits per heavy atom. The zero-order chi connectivity index (χ0) is 11.4. The van der Waals surface area contributed by atoms with Crippen LogP contribution in [0.2, 0.25) is 0 Å². The van der Waals surface area contributed by atoms with Gasteiger partial charge < -0.3 is 10.8 Å². The normalized spacial score (nSPS) is 11.8. The van der Waals surface area contributed by atoms with E-state index in [2.05, 4.69) is 0 Å². The van der Waals surface area contributed by atoms with Gasteiger partial charge in [0.2, 0.25) is 0 Å². The Morgan fingerprint density at radius 3 is 2.20 bits per heavy atom. The first-order valence-corrected chi connectivity index (χ1v) is 4.09. The monoisotopic (exact) mass is 210 g/mol. The van der Waals surface area contributed by atoms with Crippen LogP contribution in [-0.4, -0.2) is 27.4 Å². The van der Waals surface area contributed by atoms with Gasteiger partial charge >= 0.3 is 12.0 Å². The van der Waals surface area contributed by atoms with Gasteiger partial charge in [0, 0.05) is 0 Å². The van der Waals surface area contributed by atoms with Gasteiger partial charge in [0.15, 0.2) is 6.04 Å². The molecule has 1 aromatic rings. The largest absolute Gasteiger partial charge is 0.479 e. The second-order valence-corrected chi connectivity index (χ2v) is 2.83. The second-order valence-electron chi connectivity index (χ2n) is 2.83. The van der Waals surface area contributed by atoms with Crippen LogP contribution in [0.5, 0.6) is 0 Å². The van der Waals surface area contributed by atoms with Crippen molar-refractivity contribution >= 4 is 12.0 Å². The maximum absolute atomic E-state index is 10.8. The summed E-state index contributed by atoms with van der Waals surface area (Å²) >= 11 is 0. The van der Waals surface area contributed by atoms with Gasteiger partial charge in [-0.25, -0.2) is 9.59 Å². The molecule has 0 saturated carbocycles. The summed E-state index contributed by atoms with van der Waals surface area (Å²) in [5, 5.41) is 18.0. The zero-order valence-corrected chi connectivity index (χ0v) is 7.70. The number of carboxylic acid groups (broad SMARTS) is 1. The fourth-order valence-electron chi connectivity index (χ4n) is 1.15. The van der Waals surface area contributed by atoms with Gasteiger partial charge in [-0.3, -0.25) is 5.21 Å². The fourth-order valence-corrected chi connectivity index (χ4v) is 1.15. The first kappa shape index (κ1) is 11.0. The Kier molecular flexibility index (Phi) is 3.25. The minimum absolute atomic E-state index is 0.0162. The topological polar surface area (TPSA) is 104 Å². The van der Waals surface area contributed by atoms with Crippen LogP contribution in [0.1, 0.15) is 11.6 Å². The van der Waals surface area contributed by atoms with Crippen LogP contribution >= 0.6 is 0 Å². The van der Waals surface area contributed by atoms with Crippen LogP contribution in [0.25, 0.3) is 0 Å². The molecule has 0 aliphatic rings. The summed E-state index contributed by atoms with van der Waals surface area (Å²) in [6.07, 6.45) is 0. The molecule has 0 bridgehead atoms. The molecular weight excluding hydrogens is 200 g/mol. The number of hydrogen-bond donors (Lipinski definition) is 3. The van der Waals surface area contributed by atoms with Crippen molar-refractivity contribution in [1.82, 2.24) is 5.06 Å². The van der Waals surface area contributed by atoms with Crippen LogP contribution in [0, 0.1) is 0 Å². The minimum atomic E-state index is -1.48. The second kappa shape index (κ2) is 4.43. The number of rotatable bonds is 3. The van der Waals surface area contributed by atoms with Crippen molar-refractivity contribution in [3.8, 4) is 0 Å². The average molecular weight is 210 g/mol. The third-order valence-corrected chi connectivity index (χ3v) is 1.82. The molecule has 0 radical (unpaired) electrons. The maximum atomic E-state index is 10.8. The molecule has 6 nitrogen and oxygen atoms in total. The number of carbonyl (C=O) groups is 2. The van der Waals surface area contributed by atoms with E-state index in [1.165, 1.54) is 12.1 Å². The standard InChI is InChI=1S/C9H10N2O4/c10-9(14)11(15)7(8(12)13)6-4-2-1-3-5-6/h1-5,7,15H,(H2,10,14)(H,12,13). The number of aliphatic carboxylic acids is 1. The van der Waals surface area contributed by atoms with Crippen molar-refractivity contribution < 1.29 is 19.9 Å². The average Bonchev–Trinajstić information content (AvgIpc) is 2.18. The molecular formula is C9H10N2O4. The van der Waals surface area contributed by atoms with Crippen molar-refractivity contribution in [3.05, 3.63) is 35.9 Å². The number of amides is 2. The van der Waals surface area contributed by atoms with E-state index in [-0.39, 0.29) is 10.6 Å². The molecule has 2 amide bonds. The van der Waals surface area contributed by atoms with Crippen molar-refractivity contribution in [2.24, 2.45) is 5.73 Å². The summed E-state index contributed by atoms with van der Waals surface area (Å²) in [4.78, 5) is 21.5. The quantitative estimate of drug-likeness (QED) is 0.501. The number of nitrogens with zero attached hydrogens (tertiary/aromatic N) is 1. The third kappa shape index (κ3) is 2.44. The molecule has 0 aliphatic heterocycles. The zero-order valence-electron chi connectivity index (χ0n) is 7.70. The van der Waals surface area contributed by atoms with Gasteiger partial charge in [-0.2, -0.15) is 5.06 Å². The van der Waals surface area contributed by atoms with Crippen LogP contribution in [-0.2, 0) is 4.79 Å². The molecule has 1 atom stereocenters. The van der Waals surface area contributed by atoms with E-state index in [0.29, 0.717) is 0 Å². The first-order chi connectivity index (χ1) is 7.04. The van der Waals surface area contributed by atoms with E-state index in [9.17, 15) is 14.8 Å². The molecule has 80 valence electrons. The number of urea groups is 1. The van der Waals surface area contributed by atoms with Gasteiger partial charge in [0.05, 0.1) is 0 Å². The van der Waals surface area contributed by atoms with Crippen molar-refractivity contribution in [1.29, 1.82) is 0 Å². The summed E-state index contributed by atoms with van der Waals surface area (Å²) in [6.45, 7) is 0. The van der Waals surface area contributed by atoms with E-state index in [4.69, 9.17) is 10.8 Å². The van der Waals surface area contributed by atoms with Gasteiger partial charge in [-0.1, -0.05) is 30.3 Å². The van der Waals surface area contributed by atoms with Gasteiger partial charge in [0.25, 0.3) is 0 Å². The molecule has 0 aromatic heterocycles. The van der Waals surface area contributed by atoms with Crippen molar-refractivity contribution in [2.75, 3.05) is 0 Å². The van der Waals surface area contributed by atoms with E-state index >= 15 is 0 Å². The molecule has 15 heavy (non-hydrogen) atoms. The van der Waals surface area contributed by atoms with Crippen LogP contribution in [0.15, 0.2) is 30.3 Å². The van der Waals surface area contributed by atoms with E-state index in [1.54, 1.807) is 18.2 Å². The van der Waals surface area contributed by atoms with E-state index in [0.717, 1.165) is 0 Å². The Bertz CT molecular complexity index is 366. The van der Waals surface area contributed by atoms with Gasteiger partial charge in [-0.05, 0) is 5.56 Å². The molecule has 0 heterocycles. The molecule has 0 fully saturated rings. The van der Waals surface area contributed by atoms with Crippen LogP contribution in [0.3, 0.4) is 0 Å². The number of carboxylic acids is 1. The van der Waals surface area contributed by atoms with Crippen LogP contribution in [0.4, 0.5) is 4.79 Å². The van der Waals surface area contributed by atoms with Crippen LogP contribution < -0.4 is 5.73 Å². The third-order valence-electron chi connectivity index (χ3n) is 1.82. The van der Waals surface area contributed by atoms with Crippen molar-refractivity contribution in [2.45, 2.75) is 6.04 Å². The molecule has 1 rings (SSSR count). The number of hydrogen-bond acceptors (Lipinski definition) is 3. The summed E-state index contributed by atoms with van der Waals surface area (Å²) < 4.78 is 0. The Morgan fingerprint density at radius 2 is 1.80 bits per heavy atom. The lowest BCUT2D eigenvalue weighted by Crippen LogP contribution is -2.39. The molecule has 1 unspecified atom stereocenters. The Balaban J connectivity index is 3.04. The predicted molar refractivity (Wildman–Crippen MR) is 50.0 cm³/mol. The molecule has 6 heteroatoms. The number of benzene rings is 1. The van der Waals surface area contributed by atoms with E-state index < -0.39 is 18.0 Å². The van der Waals surface area contributed by atoms with Gasteiger partial charge in [0.1, 0.15) is 0 Å². The summed E-state index contributed by atoms with van der Waals surface area (Å²) in [6, 6.07) is 5.14. The summed E-state index contributed by atoms with van der Waals surface area (Å²) in [5.41, 5.74) is 5.06. The van der Waals surface area contributed by atoms with Crippen molar-refractivity contribution in [3.63, 3.8) is 0 Å². The molecule has 0 aliphatic carbocycles. The number of carbonyl (C=O) groups excluding carboxylic acids is 1. The SMILES string of the molecule is NC(=O)N(O)C(C(=O)O)c1ccccc1. The number of nitrogens with two attached hydrogens (primary N) is 1. The highest BCUT2D eigenvalue weighted by molar-refractivity contribution is 5.81. The maximum Gasteiger partial charge on any atom is 0.339 e. The lowest BCUT2D eigenvalue weighted by molar-refractivity contribution is -0.157. The Hall–Kier alpha value is -2.08. The molecule has 0 spiro atoms. The lowest BCUT2D eigenvalue weighted by Gasteiger charge is -2.20. The van der Waals surface area contributed by atoms with Gasteiger partial charge in [-0.15, -0.1) is 0 Å². The Labute approximate surface area is 85.5 Å². The predicted octanol–water partition coefficient (Wildman–Crippen LogP) is 0.582. The highest BCUT2D eigenvalue weighted by atomic mass is 16.5. The molecule has 1 aromatic carbocycles. The molecule has 0 saturated heterocycles. The first-order valence-electron chi connectivity index (χ1n) is 4.09. The van der Waals surface area contributed by atoms with E-state index in [1.807, 2.05) is 0 Å². The number of hydroxylamine groups is 2.